The van der Waals surface area contributed by atoms with E-state index in [9.17, 15) is 14.7 Å². The Morgan fingerprint density at radius 2 is 2.18 bits per heavy atom. The zero-order valence-electron chi connectivity index (χ0n) is 9.48. The molecule has 1 aliphatic carbocycles. The van der Waals surface area contributed by atoms with Crippen LogP contribution in [0.15, 0.2) is 12.1 Å². The fourth-order valence-corrected chi connectivity index (χ4v) is 2.14. The Labute approximate surface area is 99.2 Å². The monoisotopic (exact) mass is 236 g/mol. The van der Waals surface area contributed by atoms with Gasteiger partial charge in [-0.2, -0.15) is 0 Å². The lowest BCUT2D eigenvalue weighted by atomic mass is 9.92. The molecule has 2 unspecified atom stereocenters. The van der Waals surface area contributed by atoms with Crippen LogP contribution in [-0.2, 0) is 0 Å². The molecular formula is C12H16N2O3. The summed E-state index contributed by atoms with van der Waals surface area (Å²) >= 11 is 0. The number of amides is 1. The molecule has 0 aromatic carbocycles. The molecule has 1 aliphatic rings. The maximum Gasteiger partial charge on any atom is 0.268 e. The molecule has 17 heavy (non-hydrogen) atoms. The molecule has 0 bridgehead atoms. The molecule has 92 valence electrons. The standard InChI is InChI=1S/C12H16N2O3/c15-7-8-5-6-10(13-8)12(17)14-9-3-1-2-4-11(9)16/h5-7,9,11,13,16H,1-4H2,(H,14,17). The highest BCUT2D eigenvalue weighted by molar-refractivity contribution is 5.93. The Kier molecular flexibility index (Phi) is 3.58. The molecule has 1 saturated carbocycles. The molecule has 2 atom stereocenters. The second-order valence-corrected chi connectivity index (χ2v) is 4.38. The van der Waals surface area contributed by atoms with Crippen molar-refractivity contribution in [2.45, 2.75) is 37.8 Å². The number of carbonyl (C=O) groups is 2. The van der Waals surface area contributed by atoms with Gasteiger partial charge in [0.05, 0.1) is 17.8 Å². The van der Waals surface area contributed by atoms with Gasteiger partial charge in [-0.1, -0.05) is 12.8 Å². The van der Waals surface area contributed by atoms with E-state index < -0.39 is 6.10 Å². The Morgan fingerprint density at radius 1 is 1.41 bits per heavy atom. The fourth-order valence-electron chi connectivity index (χ4n) is 2.14. The van der Waals surface area contributed by atoms with Crippen molar-refractivity contribution in [3.8, 4) is 0 Å². The summed E-state index contributed by atoms with van der Waals surface area (Å²) < 4.78 is 0. The summed E-state index contributed by atoms with van der Waals surface area (Å²) in [6, 6.07) is 2.94. The summed E-state index contributed by atoms with van der Waals surface area (Å²) in [5.74, 6) is -0.274. The number of carbonyl (C=O) groups excluding carboxylic acids is 2. The molecule has 0 saturated heterocycles. The number of aromatic amines is 1. The number of aliphatic hydroxyl groups is 1. The molecular weight excluding hydrogens is 220 g/mol. The van der Waals surface area contributed by atoms with Gasteiger partial charge in [-0.3, -0.25) is 9.59 Å². The van der Waals surface area contributed by atoms with Crippen molar-refractivity contribution in [2.75, 3.05) is 0 Å². The number of H-pyrrole nitrogens is 1. The van der Waals surface area contributed by atoms with E-state index in [1.807, 2.05) is 0 Å². The topological polar surface area (TPSA) is 82.2 Å². The van der Waals surface area contributed by atoms with E-state index in [0.717, 1.165) is 25.7 Å². The Hall–Kier alpha value is -1.62. The SMILES string of the molecule is O=Cc1ccc(C(=O)NC2CCCCC2O)[nH]1. The van der Waals surface area contributed by atoms with E-state index >= 15 is 0 Å². The number of nitrogens with one attached hydrogen (secondary N) is 2. The van der Waals surface area contributed by atoms with Crippen molar-refractivity contribution in [1.29, 1.82) is 0 Å². The van der Waals surface area contributed by atoms with E-state index in [2.05, 4.69) is 10.3 Å². The molecule has 0 aliphatic heterocycles. The molecule has 3 N–H and O–H groups in total. The van der Waals surface area contributed by atoms with Crippen LogP contribution in [-0.4, -0.2) is 34.4 Å². The van der Waals surface area contributed by atoms with Crippen LogP contribution in [0.3, 0.4) is 0 Å². The largest absolute Gasteiger partial charge is 0.391 e. The maximum absolute atomic E-state index is 11.8. The van der Waals surface area contributed by atoms with Gasteiger partial charge in [0.15, 0.2) is 6.29 Å². The third-order valence-electron chi connectivity index (χ3n) is 3.13. The van der Waals surface area contributed by atoms with Crippen molar-refractivity contribution < 1.29 is 14.7 Å². The quantitative estimate of drug-likeness (QED) is 0.681. The van der Waals surface area contributed by atoms with Crippen molar-refractivity contribution in [2.24, 2.45) is 0 Å². The molecule has 5 heteroatoms. The molecule has 0 spiro atoms. The summed E-state index contributed by atoms with van der Waals surface area (Å²) in [5, 5.41) is 12.5. The summed E-state index contributed by atoms with van der Waals surface area (Å²) in [4.78, 5) is 25.0. The minimum absolute atomic E-state index is 0.181. The van der Waals surface area contributed by atoms with Crippen LogP contribution in [0.1, 0.15) is 46.7 Å². The van der Waals surface area contributed by atoms with Crippen LogP contribution >= 0.6 is 0 Å². The van der Waals surface area contributed by atoms with Gasteiger partial charge in [0.25, 0.3) is 5.91 Å². The third-order valence-corrected chi connectivity index (χ3v) is 3.13. The van der Waals surface area contributed by atoms with Crippen molar-refractivity contribution in [3.63, 3.8) is 0 Å². The zero-order chi connectivity index (χ0) is 12.3. The van der Waals surface area contributed by atoms with Crippen molar-refractivity contribution in [1.82, 2.24) is 10.3 Å². The molecule has 2 rings (SSSR count). The van der Waals surface area contributed by atoms with E-state index in [1.54, 1.807) is 12.1 Å². The van der Waals surface area contributed by atoms with Crippen molar-refractivity contribution in [3.05, 3.63) is 23.5 Å². The summed E-state index contributed by atoms with van der Waals surface area (Å²) in [6.45, 7) is 0. The number of hydrogen-bond donors (Lipinski definition) is 3. The van der Waals surface area contributed by atoms with Gasteiger partial charge in [-0.25, -0.2) is 0 Å². The van der Waals surface area contributed by atoms with Gasteiger partial charge in [-0.05, 0) is 25.0 Å². The van der Waals surface area contributed by atoms with Gasteiger partial charge in [-0.15, -0.1) is 0 Å². The molecule has 0 radical (unpaired) electrons. The smallest absolute Gasteiger partial charge is 0.268 e. The minimum atomic E-state index is -0.465. The number of aliphatic hydroxyl groups excluding tert-OH is 1. The van der Waals surface area contributed by atoms with Crippen LogP contribution in [0, 0.1) is 0 Å². The highest BCUT2D eigenvalue weighted by Gasteiger charge is 2.25. The van der Waals surface area contributed by atoms with Crippen molar-refractivity contribution >= 4 is 12.2 Å². The first-order valence-corrected chi connectivity index (χ1v) is 5.84. The molecule has 1 heterocycles. The highest BCUT2D eigenvalue weighted by Crippen LogP contribution is 2.18. The number of hydrogen-bond acceptors (Lipinski definition) is 3. The van der Waals surface area contributed by atoms with Gasteiger partial charge < -0.3 is 15.4 Å². The van der Waals surface area contributed by atoms with Gasteiger partial charge in [0.1, 0.15) is 5.69 Å². The van der Waals surface area contributed by atoms with Gasteiger partial charge in [0.2, 0.25) is 0 Å². The Bertz CT molecular complexity index is 414. The second-order valence-electron chi connectivity index (χ2n) is 4.38. The predicted molar refractivity (Wildman–Crippen MR) is 61.9 cm³/mol. The fraction of sp³-hybridized carbons (Fsp3) is 0.500. The van der Waals surface area contributed by atoms with Crippen LogP contribution in [0.2, 0.25) is 0 Å². The van der Waals surface area contributed by atoms with Gasteiger partial charge in [0, 0.05) is 0 Å². The summed E-state index contributed by atoms with van der Waals surface area (Å²) in [6.07, 6.45) is 3.75. The highest BCUT2D eigenvalue weighted by atomic mass is 16.3. The predicted octanol–water partition coefficient (Wildman–Crippen LogP) is 0.860. The minimum Gasteiger partial charge on any atom is -0.391 e. The normalized spacial score (nSPS) is 24.3. The number of aldehydes is 1. The first-order valence-electron chi connectivity index (χ1n) is 5.84. The third kappa shape index (κ3) is 2.74. The first kappa shape index (κ1) is 11.9. The molecule has 1 aromatic rings. The van der Waals surface area contributed by atoms with E-state index in [0.29, 0.717) is 17.7 Å². The lowest BCUT2D eigenvalue weighted by Crippen LogP contribution is -2.45. The number of aromatic nitrogens is 1. The molecule has 1 aromatic heterocycles. The molecule has 1 fully saturated rings. The summed E-state index contributed by atoms with van der Waals surface area (Å²) in [7, 11) is 0. The van der Waals surface area contributed by atoms with Crippen LogP contribution in [0.25, 0.3) is 0 Å². The van der Waals surface area contributed by atoms with E-state index in [4.69, 9.17) is 0 Å². The molecule has 1 amide bonds. The average molecular weight is 236 g/mol. The lowest BCUT2D eigenvalue weighted by molar-refractivity contribution is 0.0714. The average Bonchev–Trinajstić information content (AvgIpc) is 2.81. The summed E-state index contributed by atoms with van der Waals surface area (Å²) in [5.41, 5.74) is 0.726. The first-order chi connectivity index (χ1) is 8.20. The Morgan fingerprint density at radius 3 is 2.82 bits per heavy atom. The Balaban J connectivity index is 1.98. The lowest BCUT2D eigenvalue weighted by Gasteiger charge is -2.28. The van der Waals surface area contributed by atoms with Gasteiger partial charge >= 0.3 is 0 Å². The van der Waals surface area contributed by atoms with Crippen LogP contribution < -0.4 is 5.32 Å². The van der Waals surface area contributed by atoms with Crippen LogP contribution in [0.5, 0.6) is 0 Å². The second kappa shape index (κ2) is 5.14. The van der Waals surface area contributed by atoms with Crippen LogP contribution in [0.4, 0.5) is 0 Å². The maximum atomic E-state index is 11.8. The number of rotatable bonds is 3. The molecule has 5 nitrogen and oxygen atoms in total. The zero-order valence-corrected chi connectivity index (χ0v) is 9.48. The van der Waals surface area contributed by atoms with E-state index in [-0.39, 0.29) is 11.9 Å². The van der Waals surface area contributed by atoms with E-state index in [1.165, 1.54) is 0 Å².